The minimum atomic E-state index is -0.214. The van der Waals surface area contributed by atoms with Gasteiger partial charge in [-0.05, 0) is 25.8 Å². The third-order valence-corrected chi connectivity index (χ3v) is 3.84. The van der Waals surface area contributed by atoms with Gasteiger partial charge in [0.05, 0.1) is 5.69 Å². The van der Waals surface area contributed by atoms with Crippen molar-refractivity contribution in [3.63, 3.8) is 0 Å². The molecule has 2 aromatic rings. The molecule has 8 nitrogen and oxygen atoms in total. The highest BCUT2D eigenvalue weighted by Gasteiger charge is 2.23. The molecule has 1 aliphatic heterocycles. The van der Waals surface area contributed by atoms with E-state index in [1.54, 1.807) is 30.2 Å². The number of aromatic nitrogens is 4. The Balaban J connectivity index is 1.57. The molecule has 0 unspecified atom stereocenters. The van der Waals surface area contributed by atoms with Gasteiger partial charge in [-0.2, -0.15) is 5.10 Å². The van der Waals surface area contributed by atoms with Crippen molar-refractivity contribution in [3.05, 3.63) is 30.2 Å². The van der Waals surface area contributed by atoms with Crippen molar-refractivity contribution in [2.24, 2.45) is 7.05 Å². The number of urea groups is 1. The molecule has 0 bridgehead atoms. The predicted molar refractivity (Wildman–Crippen MR) is 87.4 cm³/mol. The van der Waals surface area contributed by atoms with Gasteiger partial charge in [-0.15, -0.1) is 0 Å². The topological polar surface area (TPSA) is 88.0 Å². The van der Waals surface area contributed by atoms with E-state index in [-0.39, 0.29) is 12.1 Å². The summed E-state index contributed by atoms with van der Waals surface area (Å²) in [6, 6.07) is 3.49. The number of hydrogen-bond donors (Lipinski definition) is 2. The fourth-order valence-corrected chi connectivity index (χ4v) is 2.80. The van der Waals surface area contributed by atoms with E-state index in [0.29, 0.717) is 18.3 Å². The fourth-order valence-electron chi connectivity index (χ4n) is 2.80. The molecule has 2 amide bonds. The van der Waals surface area contributed by atoms with Gasteiger partial charge in [0.15, 0.2) is 0 Å². The van der Waals surface area contributed by atoms with Gasteiger partial charge >= 0.3 is 6.03 Å². The van der Waals surface area contributed by atoms with Gasteiger partial charge in [-0.25, -0.2) is 14.8 Å². The van der Waals surface area contributed by atoms with Gasteiger partial charge in [0.1, 0.15) is 5.82 Å². The molecule has 1 saturated heterocycles. The monoisotopic (exact) mass is 315 g/mol. The van der Waals surface area contributed by atoms with E-state index in [9.17, 15) is 4.79 Å². The van der Waals surface area contributed by atoms with Gasteiger partial charge in [0, 0.05) is 44.6 Å². The van der Waals surface area contributed by atoms with Crippen molar-refractivity contribution in [1.82, 2.24) is 25.1 Å². The maximum atomic E-state index is 12.2. The van der Waals surface area contributed by atoms with E-state index in [2.05, 4.69) is 30.6 Å². The molecular formula is C15H21N7O. The van der Waals surface area contributed by atoms with Crippen molar-refractivity contribution in [3.8, 4) is 0 Å². The number of hydrogen-bond acceptors (Lipinski definition) is 5. The van der Waals surface area contributed by atoms with Gasteiger partial charge < -0.3 is 10.2 Å². The summed E-state index contributed by atoms with van der Waals surface area (Å²) >= 11 is 0. The molecule has 3 heterocycles. The molecule has 2 aromatic heterocycles. The summed E-state index contributed by atoms with van der Waals surface area (Å²) in [6.07, 6.45) is 5.41. The third kappa shape index (κ3) is 3.77. The Morgan fingerprint density at radius 3 is 2.83 bits per heavy atom. The maximum Gasteiger partial charge on any atom is 0.320 e. The van der Waals surface area contributed by atoms with Crippen LogP contribution in [0.2, 0.25) is 0 Å². The molecule has 122 valence electrons. The molecule has 0 spiro atoms. The number of rotatable bonds is 3. The standard InChI is InChI=1S/C15H21N7O/c1-11-9-13(21(2)20-11)19-15(23)18-12-5-3-8-22(10-12)14-16-6-4-7-17-14/h4,6-7,9,12H,3,5,8,10H2,1-2H3,(H2,18,19,23)/t12-/m0/s1. The van der Waals surface area contributed by atoms with E-state index in [4.69, 9.17) is 0 Å². The Morgan fingerprint density at radius 1 is 1.35 bits per heavy atom. The van der Waals surface area contributed by atoms with E-state index < -0.39 is 0 Å². The number of aryl methyl sites for hydroxylation is 2. The summed E-state index contributed by atoms with van der Waals surface area (Å²) in [5.41, 5.74) is 0.868. The van der Waals surface area contributed by atoms with Crippen LogP contribution in [-0.4, -0.2) is 44.9 Å². The number of anilines is 2. The van der Waals surface area contributed by atoms with Crippen LogP contribution in [0.25, 0.3) is 0 Å². The first-order valence-electron chi connectivity index (χ1n) is 7.72. The summed E-state index contributed by atoms with van der Waals surface area (Å²) in [5.74, 6) is 1.39. The molecule has 0 aliphatic carbocycles. The molecule has 23 heavy (non-hydrogen) atoms. The Labute approximate surface area is 134 Å². The zero-order chi connectivity index (χ0) is 16.2. The smallest absolute Gasteiger partial charge is 0.320 e. The first-order valence-corrected chi connectivity index (χ1v) is 7.72. The minimum absolute atomic E-state index is 0.0712. The Morgan fingerprint density at radius 2 is 2.13 bits per heavy atom. The summed E-state index contributed by atoms with van der Waals surface area (Å²) in [4.78, 5) is 22.8. The number of nitrogens with one attached hydrogen (secondary N) is 2. The number of piperidine rings is 1. The molecule has 8 heteroatoms. The van der Waals surface area contributed by atoms with Crippen molar-refractivity contribution >= 4 is 17.8 Å². The molecule has 0 aromatic carbocycles. The normalized spacial score (nSPS) is 17.8. The predicted octanol–water partition coefficient (Wildman–Crippen LogP) is 1.31. The van der Waals surface area contributed by atoms with Crippen LogP contribution in [-0.2, 0) is 7.05 Å². The van der Waals surface area contributed by atoms with Crippen LogP contribution in [0.4, 0.5) is 16.6 Å². The van der Waals surface area contributed by atoms with E-state index in [0.717, 1.165) is 25.1 Å². The van der Waals surface area contributed by atoms with Gasteiger partial charge in [-0.1, -0.05) is 0 Å². The number of carbonyl (C=O) groups is 1. The lowest BCUT2D eigenvalue weighted by Crippen LogP contribution is -2.49. The van der Waals surface area contributed by atoms with Crippen molar-refractivity contribution < 1.29 is 4.79 Å². The third-order valence-electron chi connectivity index (χ3n) is 3.84. The molecular weight excluding hydrogens is 294 g/mol. The van der Waals surface area contributed by atoms with E-state index in [1.165, 1.54) is 0 Å². The highest BCUT2D eigenvalue weighted by molar-refractivity contribution is 5.88. The highest BCUT2D eigenvalue weighted by Crippen LogP contribution is 2.15. The van der Waals surface area contributed by atoms with Crippen LogP contribution in [0.1, 0.15) is 18.5 Å². The second-order valence-corrected chi connectivity index (χ2v) is 5.73. The minimum Gasteiger partial charge on any atom is -0.339 e. The Kier molecular flexibility index (Phi) is 4.40. The van der Waals surface area contributed by atoms with Crippen LogP contribution in [0.15, 0.2) is 24.5 Å². The highest BCUT2D eigenvalue weighted by atomic mass is 16.2. The Bertz CT molecular complexity index is 670. The molecule has 2 N–H and O–H groups in total. The van der Waals surface area contributed by atoms with Crippen molar-refractivity contribution in [1.29, 1.82) is 0 Å². The quantitative estimate of drug-likeness (QED) is 0.891. The lowest BCUT2D eigenvalue weighted by molar-refractivity contribution is 0.246. The largest absolute Gasteiger partial charge is 0.339 e. The lowest BCUT2D eigenvalue weighted by Gasteiger charge is -2.33. The van der Waals surface area contributed by atoms with Gasteiger partial charge in [-0.3, -0.25) is 10.00 Å². The summed E-state index contributed by atoms with van der Waals surface area (Å²) in [7, 11) is 1.80. The first kappa shape index (κ1) is 15.3. The molecule has 3 rings (SSSR count). The second kappa shape index (κ2) is 6.64. The van der Waals surface area contributed by atoms with Crippen molar-refractivity contribution in [2.45, 2.75) is 25.8 Å². The van der Waals surface area contributed by atoms with Crippen LogP contribution < -0.4 is 15.5 Å². The van der Waals surface area contributed by atoms with Crippen LogP contribution in [0, 0.1) is 6.92 Å². The average Bonchev–Trinajstić information content (AvgIpc) is 2.86. The van der Waals surface area contributed by atoms with E-state index >= 15 is 0 Å². The molecule has 1 atom stereocenters. The zero-order valence-corrected chi connectivity index (χ0v) is 13.4. The maximum absolute atomic E-state index is 12.2. The summed E-state index contributed by atoms with van der Waals surface area (Å²) in [5, 5.41) is 10.1. The van der Waals surface area contributed by atoms with Crippen LogP contribution in [0.3, 0.4) is 0 Å². The molecule has 1 fully saturated rings. The number of carbonyl (C=O) groups excluding carboxylic acids is 1. The van der Waals surface area contributed by atoms with Crippen LogP contribution in [0.5, 0.6) is 0 Å². The number of nitrogens with zero attached hydrogens (tertiary/aromatic N) is 5. The van der Waals surface area contributed by atoms with Gasteiger partial charge in [0.25, 0.3) is 0 Å². The van der Waals surface area contributed by atoms with Crippen molar-refractivity contribution in [2.75, 3.05) is 23.3 Å². The SMILES string of the molecule is Cc1cc(NC(=O)N[C@H]2CCCN(c3ncccn3)C2)n(C)n1. The zero-order valence-electron chi connectivity index (χ0n) is 13.4. The van der Waals surface area contributed by atoms with Gasteiger partial charge in [0.2, 0.25) is 5.95 Å². The van der Waals surface area contributed by atoms with Crippen LogP contribution >= 0.6 is 0 Å². The first-order chi connectivity index (χ1) is 11.1. The molecule has 1 aliphatic rings. The second-order valence-electron chi connectivity index (χ2n) is 5.73. The summed E-state index contributed by atoms with van der Waals surface area (Å²) in [6.45, 7) is 3.51. The lowest BCUT2D eigenvalue weighted by atomic mass is 10.1. The Hall–Kier alpha value is -2.64. The van der Waals surface area contributed by atoms with E-state index in [1.807, 2.05) is 13.0 Å². The molecule has 0 radical (unpaired) electrons. The molecule has 0 saturated carbocycles. The average molecular weight is 315 g/mol. The number of amides is 2. The fraction of sp³-hybridized carbons (Fsp3) is 0.467. The summed E-state index contributed by atoms with van der Waals surface area (Å²) < 4.78 is 1.65.